The Morgan fingerprint density at radius 1 is 1.14 bits per heavy atom. The molecule has 1 aromatic carbocycles. The fraction of sp³-hybridized carbons (Fsp3) is 0.167. The van der Waals surface area contributed by atoms with E-state index in [4.69, 9.17) is 0 Å². The molecule has 0 amide bonds. The van der Waals surface area contributed by atoms with E-state index in [1.165, 1.54) is 16.1 Å². The average molecular weight is 293 g/mol. The van der Waals surface area contributed by atoms with Crippen molar-refractivity contribution in [3.05, 3.63) is 69.9 Å². The highest BCUT2D eigenvalue weighted by atomic mass is 32.1. The number of hydrogen-bond acceptors (Lipinski definition) is 3. The molecule has 0 radical (unpaired) electrons. The zero-order valence-corrected chi connectivity index (χ0v) is 12.3. The van der Waals surface area contributed by atoms with Crippen LogP contribution < -0.4 is 0 Å². The van der Waals surface area contributed by atoms with Gasteiger partial charge in [0.05, 0.1) is 0 Å². The van der Waals surface area contributed by atoms with Crippen molar-refractivity contribution in [1.29, 1.82) is 0 Å². The minimum Gasteiger partial charge on any atom is -0.357 e. The van der Waals surface area contributed by atoms with Crippen LogP contribution in [0.4, 0.5) is 0 Å². The second-order valence-electron chi connectivity index (χ2n) is 5.32. The molecule has 1 aromatic heterocycles. The highest BCUT2D eigenvalue weighted by molar-refractivity contribution is 7.10. The molecule has 0 saturated heterocycles. The Hall–Kier alpha value is -2.13. The van der Waals surface area contributed by atoms with Gasteiger partial charge in [-0.2, -0.15) is 0 Å². The smallest absolute Gasteiger partial charge is 0.147 e. The largest absolute Gasteiger partial charge is 0.357 e. The van der Waals surface area contributed by atoms with Crippen LogP contribution in [0.15, 0.2) is 53.9 Å². The fourth-order valence-corrected chi connectivity index (χ4v) is 4.09. The second kappa shape index (κ2) is 5.01. The first-order valence-electron chi connectivity index (χ1n) is 7.14. The Morgan fingerprint density at radius 2 is 2.00 bits per heavy atom. The van der Waals surface area contributed by atoms with Gasteiger partial charge in [-0.1, -0.05) is 36.4 Å². The van der Waals surface area contributed by atoms with Gasteiger partial charge in [-0.05, 0) is 28.7 Å². The summed E-state index contributed by atoms with van der Waals surface area (Å²) < 4.78 is 0. The molecule has 4 rings (SSSR count). The molecule has 0 spiro atoms. The molecule has 104 valence electrons. The SMILES string of the molecule is O=CC1C(c2ccccc2)=CC=C2c3ccsc3CCN21. The zero-order valence-electron chi connectivity index (χ0n) is 11.5. The predicted octanol–water partition coefficient (Wildman–Crippen LogP) is 3.61. The van der Waals surface area contributed by atoms with E-state index in [1.54, 1.807) is 0 Å². The number of nitrogens with zero attached hydrogens (tertiary/aromatic N) is 1. The van der Waals surface area contributed by atoms with Gasteiger partial charge in [0, 0.05) is 29.1 Å². The molecule has 3 heteroatoms. The van der Waals surface area contributed by atoms with E-state index < -0.39 is 0 Å². The first-order valence-corrected chi connectivity index (χ1v) is 8.02. The van der Waals surface area contributed by atoms with Gasteiger partial charge < -0.3 is 9.69 Å². The Balaban J connectivity index is 1.83. The van der Waals surface area contributed by atoms with Gasteiger partial charge in [0.25, 0.3) is 0 Å². The quantitative estimate of drug-likeness (QED) is 0.788. The van der Waals surface area contributed by atoms with Gasteiger partial charge in [0.1, 0.15) is 12.3 Å². The number of hydrogen-bond donors (Lipinski definition) is 0. The maximum atomic E-state index is 11.7. The number of carbonyl (C=O) groups is 1. The van der Waals surface area contributed by atoms with Crippen molar-refractivity contribution in [1.82, 2.24) is 4.90 Å². The van der Waals surface area contributed by atoms with E-state index in [-0.39, 0.29) is 6.04 Å². The number of benzene rings is 1. The summed E-state index contributed by atoms with van der Waals surface area (Å²) >= 11 is 1.81. The van der Waals surface area contributed by atoms with Crippen molar-refractivity contribution in [2.75, 3.05) is 6.54 Å². The lowest BCUT2D eigenvalue weighted by molar-refractivity contribution is -0.110. The van der Waals surface area contributed by atoms with Crippen LogP contribution in [0.5, 0.6) is 0 Å². The molecule has 1 atom stereocenters. The summed E-state index contributed by atoms with van der Waals surface area (Å²) in [6, 6.07) is 12.2. The van der Waals surface area contributed by atoms with Crippen LogP contribution in [0, 0.1) is 0 Å². The molecule has 0 fully saturated rings. The van der Waals surface area contributed by atoms with Crippen LogP contribution in [0.3, 0.4) is 0 Å². The van der Waals surface area contributed by atoms with Crippen LogP contribution in [0.25, 0.3) is 11.3 Å². The summed E-state index contributed by atoms with van der Waals surface area (Å²) in [5, 5.41) is 2.14. The van der Waals surface area contributed by atoms with Crippen molar-refractivity contribution in [3.8, 4) is 0 Å². The van der Waals surface area contributed by atoms with Crippen LogP contribution >= 0.6 is 11.3 Å². The van der Waals surface area contributed by atoms with Gasteiger partial charge in [0.15, 0.2) is 0 Å². The summed E-state index contributed by atoms with van der Waals surface area (Å²) in [6.07, 6.45) is 6.36. The maximum Gasteiger partial charge on any atom is 0.147 e. The number of allylic oxidation sites excluding steroid dienone is 2. The Morgan fingerprint density at radius 3 is 2.81 bits per heavy atom. The molecule has 2 nitrogen and oxygen atoms in total. The summed E-state index contributed by atoms with van der Waals surface area (Å²) in [5.41, 5.74) is 4.70. The van der Waals surface area contributed by atoms with Crippen LogP contribution in [0.1, 0.15) is 16.0 Å². The Labute approximate surface area is 128 Å². The van der Waals surface area contributed by atoms with E-state index in [1.807, 2.05) is 29.5 Å². The van der Waals surface area contributed by atoms with Gasteiger partial charge >= 0.3 is 0 Å². The standard InChI is InChI=1S/C18H15NOS/c20-12-17-14(13-4-2-1-3-5-13)6-7-16-15-9-11-21-18(15)8-10-19(16)17/h1-7,9,11-12,17H,8,10H2. The van der Waals surface area contributed by atoms with Gasteiger partial charge in [-0.15, -0.1) is 11.3 Å². The van der Waals surface area contributed by atoms with E-state index in [2.05, 4.69) is 40.6 Å². The third kappa shape index (κ3) is 1.96. The van der Waals surface area contributed by atoms with E-state index in [9.17, 15) is 4.79 Å². The molecular formula is C18H15NOS. The molecule has 2 aliphatic rings. The molecule has 2 aromatic rings. The molecule has 2 aliphatic heterocycles. The lowest BCUT2D eigenvalue weighted by Crippen LogP contribution is -2.41. The number of thiophene rings is 1. The van der Waals surface area contributed by atoms with Crippen molar-refractivity contribution < 1.29 is 4.79 Å². The lowest BCUT2D eigenvalue weighted by atomic mass is 9.91. The molecule has 3 heterocycles. The summed E-state index contributed by atoms with van der Waals surface area (Å²) in [4.78, 5) is 15.4. The number of fused-ring (bicyclic) bond motifs is 3. The van der Waals surface area contributed by atoms with E-state index in [0.29, 0.717) is 0 Å². The first kappa shape index (κ1) is 12.6. The van der Waals surface area contributed by atoms with Gasteiger partial charge in [-0.25, -0.2) is 0 Å². The average Bonchev–Trinajstić information content (AvgIpc) is 3.03. The van der Waals surface area contributed by atoms with Crippen LogP contribution in [-0.2, 0) is 11.2 Å². The molecule has 0 N–H and O–H groups in total. The minimum atomic E-state index is -0.180. The molecule has 0 aliphatic carbocycles. The third-order valence-corrected chi connectivity index (χ3v) is 5.20. The molecule has 0 bridgehead atoms. The second-order valence-corrected chi connectivity index (χ2v) is 6.32. The normalized spacial score (nSPS) is 20.2. The Bertz CT molecular complexity index is 742. The summed E-state index contributed by atoms with van der Waals surface area (Å²) in [7, 11) is 0. The summed E-state index contributed by atoms with van der Waals surface area (Å²) in [5.74, 6) is 0. The maximum absolute atomic E-state index is 11.7. The van der Waals surface area contributed by atoms with Crippen molar-refractivity contribution in [2.24, 2.45) is 0 Å². The summed E-state index contributed by atoms with van der Waals surface area (Å²) in [6.45, 7) is 0.910. The molecular weight excluding hydrogens is 278 g/mol. The molecule has 21 heavy (non-hydrogen) atoms. The molecule has 0 saturated carbocycles. The zero-order chi connectivity index (χ0) is 14.2. The fourth-order valence-electron chi connectivity index (χ4n) is 3.21. The topological polar surface area (TPSA) is 20.3 Å². The van der Waals surface area contributed by atoms with Gasteiger partial charge in [0.2, 0.25) is 0 Å². The third-order valence-electron chi connectivity index (χ3n) is 4.22. The number of aldehydes is 1. The minimum absolute atomic E-state index is 0.180. The molecule has 1 unspecified atom stereocenters. The van der Waals surface area contributed by atoms with Crippen molar-refractivity contribution in [2.45, 2.75) is 12.5 Å². The van der Waals surface area contributed by atoms with E-state index in [0.717, 1.165) is 30.4 Å². The van der Waals surface area contributed by atoms with Crippen molar-refractivity contribution in [3.63, 3.8) is 0 Å². The highest BCUT2D eigenvalue weighted by Gasteiger charge is 2.32. The number of rotatable bonds is 2. The van der Waals surface area contributed by atoms with Crippen LogP contribution in [-0.4, -0.2) is 23.8 Å². The highest BCUT2D eigenvalue weighted by Crippen LogP contribution is 2.38. The van der Waals surface area contributed by atoms with E-state index >= 15 is 0 Å². The van der Waals surface area contributed by atoms with Crippen molar-refractivity contribution >= 4 is 28.9 Å². The first-order chi connectivity index (χ1) is 10.4. The van der Waals surface area contributed by atoms with Crippen LogP contribution in [0.2, 0.25) is 0 Å². The Kier molecular flexibility index (Phi) is 3.00. The van der Waals surface area contributed by atoms with Gasteiger partial charge in [-0.3, -0.25) is 0 Å². The monoisotopic (exact) mass is 293 g/mol. The lowest BCUT2D eigenvalue weighted by Gasteiger charge is -2.39. The number of carbonyl (C=O) groups excluding carboxylic acids is 1. The predicted molar refractivity (Wildman–Crippen MR) is 87.0 cm³/mol.